The standard InChI is InChI=1S/C28H22Cl2F2N4O3/c1-13(2)39-21-9-8-19(31)24(32)23(21)25-28(17-7-6-16(30)11-20(17)33-26(28)37)18(14-4-3-5-15(29)10-14)12-22-34-35-27(38)36(22)25/h3-11,13,18,25H,12H2,1-2H3,(H,33,37)(H,35,38)/t18-,25-,28-/m0/s1. The Hall–Kier alpha value is -3.69. The first-order valence-corrected chi connectivity index (χ1v) is 13.1. The molecule has 0 unspecified atom stereocenters. The number of H-pyrrole nitrogens is 1. The summed E-state index contributed by atoms with van der Waals surface area (Å²) in [7, 11) is 0. The molecule has 0 fully saturated rings. The van der Waals surface area contributed by atoms with E-state index in [1.165, 1.54) is 10.6 Å². The van der Waals surface area contributed by atoms with Crippen molar-refractivity contribution < 1.29 is 18.3 Å². The van der Waals surface area contributed by atoms with Gasteiger partial charge < -0.3 is 10.1 Å². The van der Waals surface area contributed by atoms with Gasteiger partial charge in [0.1, 0.15) is 17.0 Å². The van der Waals surface area contributed by atoms with Crippen molar-refractivity contribution in [2.75, 3.05) is 5.32 Å². The number of carbonyl (C=O) groups is 1. The predicted molar refractivity (Wildman–Crippen MR) is 143 cm³/mol. The van der Waals surface area contributed by atoms with Crippen LogP contribution in [0.3, 0.4) is 0 Å². The maximum Gasteiger partial charge on any atom is 0.343 e. The Morgan fingerprint density at radius 1 is 1.08 bits per heavy atom. The zero-order valence-corrected chi connectivity index (χ0v) is 22.3. The van der Waals surface area contributed by atoms with Gasteiger partial charge in [-0.15, -0.1) is 0 Å². The minimum atomic E-state index is -1.64. The number of nitrogens with zero attached hydrogens (tertiary/aromatic N) is 2. The van der Waals surface area contributed by atoms with Crippen LogP contribution in [-0.2, 0) is 16.6 Å². The van der Waals surface area contributed by atoms with Gasteiger partial charge >= 0.3 is 5.69 Å². The molecule has 4 aromatic rings. The summed E-state index contributed by atoms with van der Waals surface area (Å²) < 4.78 is 38.2. The average Bonchev–Trinajstić information content (AvgIpc) is 3.38. The van der Waals surface area contributed by atoms with Crippen LogP contribution >= 0.6 is 23.2 Å². The molecule has 6 rings (SSSR count). The van der Waals surface area contributed by atoms with E-state index >= 15 is 4.39 Å². The lowest BCUT2D eigenvalue weighted by Crippen LogP contribution is -2.54. The lowest BCUT2D eigenvalue weighted by Gasteiger charge is -2.46. The largest absolute Gasteiger partial charge is 0.491 e. The number of aromatic nitrogens is 3. The van der Waals surface area contributed by atoms with E-state index in [1.807, 2.05) is 6.07 Å². The van der Waals surface area contributed by atoms with Crippen molar-refractivity contribution in [3.8, 4) is 5.75 Å². The molecule has 200 valence electrons. The molecule has 3 atom stereocenters. The van der Waals surface area contributed by atoms with Gasteiger partial charge in [0.2, 0.25) is 5.91 Å². The van der Waals surface area contributed by atoms with Crippen LogP contribution in [0.2, 0.25) is 10.0 Å². The van der Waals surface area contributed by atoms with Crippen LogP contribution in [0.5, 0.6) is 5.75 Å². The van der Waals surface area contributed by atoms with Crippen LogP contribution in [0.25, 0.3) is 0 Å². The fourth-order valence-electron chi connectivity index (χ4n) is 6.05. The van der Waals surface area contributed by atoms with Crippen molar-refractivity contribution in [3.63, 3.8) is 0 Å². The number of ether oxygens (including phenoxy) is 1. The molecule has 3 aromatic carbocycles. The summed E-state index contributed by atoms with van der Waals surface area (Å²) in [4.78, 5) is 27.7. The zero-order chi connectivity index (χ0) is 27.6. The van der Waals surface area contributed by atoms with Crippen LogP contribution in [-0.4, -0.2) is 26.8 Å². The minimum absolute atomic E-state index is 0.00860. The molecule has 7 nitrogen and oxygen atoms in total. The molecule has 0 saturated carbocycles. The molecule has 0 radical (unpaired) electrons. The van der Waals surface area contributed by atoms with Crippen molar-refractivity contribution >= 4 is 34.8 Å². The number of amides is 1. The summed E-state index contributed by atoms with van der Waals surface area (Å²) >= 11 is 12.7. The van der Waals surface area contributed by atoms with Crippen molar-refractivity contribution in [1.82, 2.24) is 14.8 Å². The lowest BCUT2D eigenvalue weighted by atomic mass is 9.59. The molecule has 1 aromatic heterocycles. The maximum atomic E-state index is 16.1. The van der Waals surface area contributed by atoms with Gasteiger partial charge in [0.05, 0.1) is 17.7 Å². The number of benzene rings is 3. The van der Waals surface area contributed by atoms with E-state index < -0.39 is 46.7 Å². The monoisotopic (exact) mass is 570 g/mol. The van der Waals surface area contributed by atoms with Gasteiger partial charge in [-0.2, -0.15) is 5.10 Å². The number of anilines is 1. The highest BCUT2D eigenvalue weighted by molar-refractivity contribution is 6.31. The van der Waals surface area contributed by atoms with E-state index in [0.29, 0.717) is 26.9 Å². The Balaban J connectivity index is 1.78. The Kier molecular flexibility index (Phi) is 6.04. The summed E-state index contributed by atoms with van der Waals surface area (Å²) in [6.45, 7) is 3.48. The summed E-state index contributed by atoms with van der Waals surface area (Å²) in [6.07, 6.45) is -0.288. The minimum Gasteiger partial charge on any atom is -0.491 e. The lowest BCUT2D eigenvalue weighted by molar-refractivity contribution is -0.123. The van der Waals surface area contributed by atoms with Gasteiger partial charge in [0.15, 0.2) is 11.6 Å². The fraction of sp³-hybridized carbons (Fsp3) is 0.250. The summed E-state index contributed by atoms with van der Waals surface area (Å²) in [6, 6.07) is 12.8. The van der Waals surface area contributed by atoms with Crippen molar-refractivity contribution in [1.29, 1.82) is 0 Å². The summed E-state index contributed by atoms with van der Waals surface area (Å²) in [5.41, 5.74) is -1.03. The Morgan fingerprint density at radius 3 is 2.59 bits per heavy atom. The second kappa shape index (κ2) is 9.20. The third-order valence-corrected chi connectivity index (χ3v) is 7.90. The average molecular weight is 571 g/mol. The highest BCUT2D eigenvalue weighted by Crippen LogP contribution is 2.60. The van der Waals surface area contributed by atoms with E-state index in [-0.39, 0.29) is 23.6 Å². The summed E-state index contributed by atoms with van der Waals surface area (Å²) in [5, 5.41) is 10.3. The van der Waals surface area contributed by atoms with Gasteiger partial charge in [0, 0.05) is 28.1 Å². The Bertz CT molecular complexity index is 1700. The smallest absolute Gasteiger partial charge is 0.343 e. The first kappa shape index (κ1) is 25.6. The third-order valence-electron chi connectivity index (χ3n) is 7.43. The van der Waals surface area contributed by atoms with E-state index in [4.69, 9.17) is 27.9 Å². The third kappa shape index (κ3) is 3.78. The van der Waals surface area contributed by atoms with E-state index in [1.54, 1.807) is 50.2 Å². The quantitative estimate of drug-likeness (QED) is 0.326. The van der Waals surface area contributed by atoms with E-state index in [9.17, 15) is 14.0 Å². The number of fused-ring (bicyclic) bond motifs is 3. The highest BCUT2D eigenvalue weighted by atomic mass is 35.5. The second-order valence-corrected chi connectivity index (χ2v) is 10.9. The molecule has 0 saturated heterocycles. The number of nitrogens with one attached hydrogen (secondary N) is 2. The molecule has 2 N–H and O–H groups in total. The second-order valence-electron chi connectivity index (χ2n) is 9.98. The normalized spacial score (nSPS) is 21.7. The Morgan fingerprint density at radius 2 is 1.85 bits per heavy atom. The maximum absolute atomic E-state index is 16.1. The van der Waals surface area contributed by atoms with Gasteiger partial charge in [-0.05, 0) is 61.4 Å². The van der Waals surface area contributed by atoms with Crippen LogP contribution < -0.4 is 15.7 Å². The van der Waals surface area contributed by atoms with E-state index in [0.717, 1.165) is 6.07 Å². The molecular weight excluding hydrogens is 549 g/mol. The van der Waals surface area contributed by atoms with Crippen LogP contribution in [0.4, 0.5) is 14.5 Å². The molecule has 11 heteroatoms. The molecule has 2 aliphatic rings. The zero-order valence-electron chi connectivity index (χ0n) is 20.8. The molecule has 1 spiro atoms. The molecular formula is C28H22Cl2F2N4O3. The molecule has 39 heavy (non-hydrogen) atoms. The fourth-order valence-corrected chi connectivity index (χ4v) is 6.42. The predicted octanol–water partition coefficient (Wildman–Crippen LogP) is 5.76. The highest BCUT2D eigenvalue weighted by Gasteiger charge is 2.63. The van der Waals surface area contributed by atoms with Crippen LogP contribution in [0.1, 0.15) is 48.3 Å². The molecule has 3 heterocycles. The van der Waals surface area contributed by atoms with Gasteiger partial charge in [-0.25, -0.2) is 18.7 Å². The molecule has 0 bridgehead atoms. The van der Waals surface area contributed by atoms with Crippen molar-refractivity contribution in [3.05, 3.63) is 109 Å². The number of hydrogen-bond donors (Lipinski definition) is 2. The number of halogens is 4. The number of aromatic amines is 1. The Labute approximate surface area is 231 Å². The molecule has 0 aliphatic carbocycles. The number of hydrogen-bond acceptors (Lipinski definition) is 4. The molecule has 2 aliphatic heterocycles. The van der Waals surface area contributed by atoms with Crippen molar-refractivity contribution in [2.24, 2.45) is 0 Å². The van der Waals surface area contributed by atoms with Crippen LogP contribution in [0, 0.1) is 11.6 Å². The summed E-state index contributed by atoms with van der Waals surface area (Å²) in [5.74, 6) is -3.29. The van der Waals surface area contributed by atoms with Gasteiger partial charge in [0.25, 0.3) is 0 Å². The van der Waals surface area contributed by atoms with Crippen molar-refractivity contribution in [2.45, 2.75) is 43.7 Å². The first-order chi connectivity index (χ1) is 18.6. The SMILES string of the molecule is CC(C)Oc1ccc(F)c(F)c1[C@@H]1n2c(n[nH]c2=O)C[C@@H](c2cccc(Cl)c2)[C@]12C(=O)Nc1cc(Cl)ccc12. The van der Waals surface area contributed by atoms with Gasteiger partial charge in [-0.3, -0.25) is 9.36 Å². The first-order valence-electron chi connectivity index (χ1n) is 12.3. The topological polar surface area (TPSA) is 89.0 Å². The van der Waals surface area contributed by atoms with Crippen LogP contribution in [0.15, 0.2) is 59.4 Å². The number of rotatable bonds is 4. The molecule has 1 amide bonds. The van der Waals surface area contributed by atoms with Gasteiger partial charge in [-0.1, -0.05) is 41.4 Å². The van der Waals surface area contributed by atoms with E-state index in [2.05, 4.69) is 15.5 Å². The number of carbonyl (C=O) groups excluding carboxylic acids is 1.